The summed E-state index contributed by atoms with van der Waals surface area (Å²) in [6, 6.07) is 21.1. The lowest BCUT2D eigenvalue weighted by Gasteiger charge is -2.33. The minimum Gasteiger partial charge on any atom is -0.357 e. The van der Waals surface area contributed by atoms with Crippen LogP contribution in [-0.2, 0) is 26.2 Å². The van der Waals surface area contributed by atoms with E-state index >= 15 is 0 Å². The van der Waals surface area contributed by atoms with Crippen molar-refractivity contribution in [3.8, 4) is 0 Å². The molecule has 0 aliphatic rings. The minimum absolute atomic E-state index is 0.0519. The molecule has 0 aliphatic carbocycles. The fraction of sp³-hybridized carbons (Fsp3) is 0.231. The van der Waals surface area contributed by atoms with Crippen molar-refractivity contribution in [2.45, 2.75) is 30.8 Å². The van der Waals surface area contributed by atoms with Crippen LogP contribution in [0.5, 0.6) is 0 Å². The molecule has 0 saturated carbocycles. The number of hydrogen-bond acceptors (Lipinski definition) is 4. The van der Waals surface area contributed by atoms with E-state index in [0.717, 1.165) is 7.88 Å². The van der Waals surface area contributed by atoms with Gasteiger partial charge in [0, 0.05) is 22.2 Å². The van der Waals surface area contributed by atoms with Crippen molar-refractivity contribution in [1.82, 2.24) is 10.2 Å². The monoisotopic (exact) mass is 639 g/mol. The van der Waals surface area contributed by atoms with E-state index in [4.69, 9.17) is 11.6 Å². The molecule has 0 aliphatic heterocycles. The highest BCUT2D eigenvalue weighted by atomic mass is 127. The summed E-state index contributed by atoms with van der Waals surface area (Å²) in [6.45, 7) is 1.36. The third-order valence-electron chi connectivity index (χ3n) is 5.66. The number of benzene rings is 3. The second-order valence-electron chi connectivity index (χ2n) is 7.95. The van der Waals surface area contributed by atoms with Crippen molar-refractivity contribution >= 4 is 61.7 Å². The average molecular weight is 640 g/mol. The van der Waals surface area contributed by atoms with Gasteiger partial charge in [0.1, 0.15) is 12.6 Å². The minimum atomic E-state index is -4.08. The van der Waals surface area contributed by atoms with Gasteiger partial charge >= 0.3 is 0 Å². The van der Waals surface area contributed by atoms with Gasteiger partial charge in [-0.1, -0.05) is 54.9 Å². The highest BCUT2D eigenvalue weighted by Crippen LogP contribution is 2.26. The smallest absolute Gasteiger partial charge is 0.264 e. The van der Waals surface area contributed by atoms with Crippen molar-refractivity contribution in [2.75, 3.05) is 17.9 Å². The second kappa shape index (κ2) is 12.6. The van der Waals surface area contributed by atoms with Crippen LogP contribution < -0.4 is 9.62 Å². The van der Waals surface area contributed by atoms with Gasteiger partial charge in [0.25, 0.3) is 10.0 Å². The Hall–Kier alpha value is -2.63. The predicted octanol–water partition coefficient (Wildman–Crippen LogP) is 4.69. The van der Waals surface area contributed by atoms with Gasteiger partial charge in [0.2, 0.25) is 11.8 Å². The molecule has 2 amide bonds. The highest BCUT2D eigenvalue weighted by molar-refractivity contribution is 14.1. The summed E-state index contributed by atoms with van der Waals surface area (Å²) < 4.78 is 29.3. The van der Waals surface area contributed by atoms with Crippen LogP contribution in [0.2, 0.25) is 5.02 Å². The van der Waals surface area contributed by atoms with E-state index < -0.39 is 28.5 Å². The molecule has 1 N–H and O–H groups in total. The summed E-state index contributed by atoms with van der Waals surface area (Å²) in [6.07, 6.45) is 0.338. The van der Waals surface area contributed by atoms with Crippen LogP contribution >= 0.6 is 34.2 Å². The lowest BCUT2D eigenvalue weighted by molar-refractivity contribution is -0.140. The number of likely N-dealkylation sites (N-methyl/N-ethyl adjacent to an activating group) is 1. The van der Waals surface area contributed by atoms with Gasteiger partial charge in [-0.15, -0.1) is 0 Å². The van der Waals surface area contributed by atoms with Gasteiger partial charge in [-0.3, -0.25) is 13.9 Å². The van der Waals surface area contributed by atoms with Crippen molar-refractivity contribution in [1.29, 1.82) is 0 Å². The molecule has 1 atom stereocenters. The van der Waals surface area contributed by atoms with E-state index in [9.17, 15) is 18.0 Å². The summed E-state index contributed by atoms with van der Waals surface area (Å²) >= 11 is 8.49. The van der Waals surface area contributed by atoms with Gasteiger partial charge < -0.3 is 10.2 Å². The first kappa shape index (κ1) is 27.9. The van der Waals surface area contributed by atoms with Crippen LogP contribution in [0.3, 0.4) is 0 Å². The molecule has 0 radical (unpaired) electrons. The lowest BCUT2D eigenvalue weighted by Crippen LogP contribution is -2.51. The molecule has 0 spiro atoms. The highest BCUT2D eigenvalue weighted by Gasteiger charge is 2.33. The van der Waals surface area contributed by atoms with Crippen molar-refractivity contribution in [2.24, 2.45) is 0 Å². The zero-order valence-electron chi connectivity index (χ0n) is 19.9. The number of hydrogen-bond donors (Lipinski definition) is 1. The summed E-state index contributed by atoms with van der Waals surface area (Å²) in [5, 5.41) is 3.05. The summed E-state index contributed by atoms with van der Waals surface area (Å²) in [5.41, 5.74) is 1.000. The normalized spacial score (nSPS) is 12.0. The van der Waals surface area contributed by atoms with E-state index in [0.29, 0.717) is 22.7 Å². The standard InChI is InChI=1S/C26H27ClIN3O4S/c1-3-24(26(33)29-2)30(17-19-9-7-8-12-23(19)27)25(32)18-31(21-15-13-20(28)14-16-21)36(34,35)22-10-5-4-6-11-22/h4-16,24H,3,17-18H2,1-2H3,(H,29,33)/t24-/m0/s1. The zero-order valence-corrected chi connectivity index (χ0v) is 23.6. The third kappa shape index (κ3) is 6.57. The molecular weight excluding hydrogens is 613 g/mol. The first-order chi connectivity index (χ1) is 17.2. The number of nitrogens with one attached hydrogen (secondary N) is 1. The number of nitrogens with zero attached hydrogens (tertiary/aromatic N) is 2. The van der Waals surface area contributed by atoms with E-state index in [1.807, 2.05) is 0 Å². The largest absolute Gasteiger partial charge is 0.357 e. The maximum atomic E-state index is 13.8. The Labute approximate surface area is 230 Å². The van der Waals surface area contributed by atoms with Gasteiger partial charge in [-0.25, -0.2) is 8.42 Å². The summed E-state index contributed by atoms with van der Waals surface area (Å²) in [4.78, 5) is 28.0. The third-order valence-corrected chi connectivity index (χ3v) is 8.53. The molecule has 3 aromatic rings. The lowest BCUT2D eigenvalue weighted by atomic mass is 10.1. The zero-order chi connectivity index (χ0) is 26.3. The Morgan fingerprint density at radius 2 is 1.58 bits per heavy atom. The molecule has 0 aromatic heterocycles. The number of amides is 2. The van der Waals surface area contributed by atoms with Crippen LogP contribution in [-0.4, -0.2) is 44.8 Å². The molecule has 36 heavy (non-hydrogen) atoms. The maximum absolute atomic E-state index is 13.8. The first-order valence-electron chi connectivity index (χ1n) is 11.3. The Morgan fingerprint density at radius 3 is 2.17 bits per heavy atom. The van der Waals surface area contributed by atoms with Crippen LogP contribution in [0.4, 0.5) is 5.69 Å². The maximum Gasteiger partial charge on any atom is 0.264 e. The van der Waals surface area contributed by atoms with Crippen molar-refractivity contribution < 1.29 is 18.0 Å². The Bertz CT molecular complexity index is 1300. The van der Waals surface area contributed by atoms with Crippen LogP contribution in [0.1, 0.15) is 18.9 Å². The van der Waals surface area contributed by atoms with E-state index in [1.165, 1.54) is 24.1 Å². The fourth-order valence-electron chi connectivity index (χ4n) is 3.75. The van der Waals surface area contributed by atoms with Crippen LogP contribution in [0.15, 0.2) is 83.8 Å². The van der Waals surface area contributed by atoms with E-state index in [1.54, 1.807) is 73.7 Å². The second-order valence-corrected chi connectivity index (χ2v) is 11.5. The molecule has 10 heteroatoms. The van der Waals surface area contributed by atoms with Gasteiger partial charge in [-0.2, -0.15) is 0 Å². The number of rotatable bonds is 10. The molecule has 190 valence electrons. The molecule has 3 aromatic carbocycles. The molecule has 0 saturated heterocycles. The van der Waals surface area contributed by atoms with Crippen molar-refractivity contribution in [3.63, 3.8) is 0 Å². The molecule has 0 fully saturated rings. The van der Waals surface area contributed by atoms with Gasteiger partial charge in [0.05, 0.1) is 10.6 Å². The van der Waals surface area contributed by atoms with Crippen LogP contribution in [0.25, 0.3) is 0 Å². The topological polar surface area (TPSA) is 86.8 Å². The van der Waals surface area contributed by atoms with Gasteiger partial charge in [0.15, 0.2) is 0 Å². The Kier molecular flexibility index (Phi) is 9.75. The molecular formula is C26H27ClIN3O4S. The molecule has 3 rings (SSSR count). The van der Waals surface area contributed by atoms with Crippen molar-refractivity contribution in [3.05, 3.63) is 93.0 Å². The number of sulfonamides is 1. The van der Waals surface area contributed by atoms with Gasteiger partial charge in [-0.05, 0) is 77.0 Å². The van der Waals surface area contributed by atoms with Crippen LogP contribution in [0, 0.1) is 3.57 Å². The quantitative estimate of drug-likeness (QED) is 0.326. The number of carbonyl (C=O) groups excluding carboxylic acids is 2. The molecule has 0 bridgehead atoms. The SMILES string of the molecule is CC[C@@H](C(=O)NC)N(Cc1ccccc1Cl)C(=O)CN(c1ccc(I)cc1)S(=O)(=O)c1ccccc1. The Morgan fingerprint density at radius 1 is 0.972 bits per heavy atom. The average Bonchev–Trinajstić information content (AvgIpc) is 2.89. The summed E-state index contributed by atoms with van der Waals surface area (Å²) in [5.74, 6) is -0.868. The Balaban J connectivity index is 2.05. The van der Waals surface area contributed by atoms with E-state index in [2.05, 4.69) is 27.9 Å². The molecule has 7 nitrogen and oxygen atoms in total. The van der Waals surface area contributed by atoms with E-state index in [-0.39, 0.29) is 17.3 Å². The number of anilines is 1. The first-order valence-corrected chi connectivity index (χ1v) is 14.2. The molecule has 0 heterocycles. The molecule has 0 unspecified atom stereocenters. The fourth-order valence-corrected chi connectivity index (χ4v) is 5.74. The summed E-state index contributed by atoms with van der Waals surface area (Å²) in [7, 11) is -2.58. The number of halogens is 2. The number of carbonyl (C=O) groups is 2. The predicted molar refractivity (Wildman–Crippen MR) is 150 cm³/mol.